The zero-order chi connectivity index (χ0) is 24.7. The second-order valence-electron chi connectivity index (χ2n) is 12.0. The predicted molar refractivity (Wildman–Crippen MR) is 136 cm³/mol. The van der Waals surface area contributed by atoms with Crippen LogP contribution in [0.3, 0.4) is 0 Å². The third kappa shape index (κ3) is 3.13. The average molecular weight is 489 g/mol. The van der Waals surface area contributed by atoms with E-state index in [1.54, 1.807) is 6.07 Å². The number of rotatable bonds is 6. The van der Waals surface area contributed by atoms with Crippen molar-refractivity contribution in [2.45, 2.75) is 87.0 Å². The number of hydrogen-bond donors (Lipinski definition) is 3. The molecule has 3 fully saturated rings. The van der Waals surface area contributed by atoms with Gasteiger partial charge in [-0.25, -0.2) is 0 Å². The fourth-order valence-electron chi connectivity index (χ4n) is 8.07. The van der Waals surface area contributed by atoms with Crippen LogP contribution >= 0.6 is 0 Å². The normalized spacial score (nSPS) is 35.0. The Kier molecular flexibility index (Phi) is 5.00. The highest BCUT2D eigenvalue weighted by molar-refractivity contribution is 5.77. The molecule has 36 heavy (non-hydrogen) atoms. The Morgan fingerprint density at radius 3 is 2.75 bits per heavy atom. The van der Waals surface area contributed by atoms with Crippen molar-refractivity contribution in [2.75, 3.05) is 13.1 Å². The first-order valence-corrected chi connectivity index (χ1v) is 13.7. The van der Waals surface area contributed by atoms with Crippen molar-refractivity contribution in [3.63, 3.8) is 0 Å². The number of aromatic hydroxyl groups is 1. The molecule has 7 rings (SSSR count). The number of carbonyl (C=O) groups is 1. The number of phenolic OH excluding ortho intramolecular Hbond substituents is 1. The maximum absolute atomic E-state index is 13.2. The number of nitrogens with zero attached hydrogens (tertiary/aromatic N) is 1. The molecule has 1 saturated heterocycles. The predicted octanol–water partition coefficient (Wildman–Crippen LogP) is 3.63. The second kappa shape index (κ2) is 7.96. The Hall–Kier alpha value is -2.57. The van der Waals surface area contributed by atoms with Gasteiger partial charge < -0.3 is 20.3 Å². The minimum Gasteiger partial charge on any atom is -0.504 e. The van der Waals surface area contributed by atoms with Gasteiger partial charge in [-0.2, -0.15) is 0 Å². The molecule has 0 radical (unpaired) electrons. The van der Waals surface area contributed by atoms with Crippen molar-refractivity contribution in [3.05, 3.63) is 59.2 Å². The van der Waals surface area contributed by atoms with Gasteiger partial charge in [0.2, 0.25) is 5.91 Å². The van der Waals surface area contributed by atoms with Crippen LogP contribution in [0.25, 0.3) is 0 Å². The summed E-state index contributed by atoms with van der Waals surface area (Å²) >= 11 is 0. The van der Waals surface area contributed by atoms with E-state index in [4.69, 9.17) is 4.74 Å². The molecule has 2 aromatic rings. The zero-order valence-electron chi connectivity index (χ0n) is 21.0. The van der Waals surface area contributed by atoms with Crippen LogP contribution in [0.1, 0.15) is 68.1 Å². The number of nitrogens with one attached hydrogen (secondary N) is 1. The molecular formula is C30H36N2O4. The molecule has 6 heteroatoms. The van der Waals surface area contributed by atoms with E-state index in [0.717, 1.165) is 43.0 Å². The molecule has 0 aromatic heterocycles. The molecule has 1 amide bonds. The Morgan fingerprint density at radius 1 is 1.17 bits per heavy atom. The summed E-state index contributed by atoms with van der Waals surface area (Å²) in [5.41, 5.74) is 1.83. The van der Waals surface area contributed by atoms with Crippen LogP contribution < -0.4 is 10.1 Å². The Bertz CT molecular complexity index is 1200. The van der Waals surface area contributed by atoms with Gasteiger partial charge in [-0.05, 0) is 74.1 Å². The Balaban J connectivity index is 1.21. The Morgan fingerprint density at radius 2 is 1.97 bits per heavy atom. The van der Waals surface area contributed by atoms with E-state index >= 15 is 0 Å². The van der Waals surface area contributed by atoms with Gasteiger partial charge in [0.15, 0.2) is 11.5 Å². The number of benzene rings is 2. The fraction of sp³-hybridized carbons (Fsp3) is 0.567. The molecule has 1 spiro atoms. The lowest BCUT2D eigenvalue weighted by molar-refractivity contribution is -0.192. The highest BCUT2D eigenvalue weighted by Crippen LogP contribution is 2.65. The minimum absolute atomic E-state index is 0.0146. The van der Waals surface area contributed by atoms with Crippen LogP contribution in [-0.2, 0) is 16.6 Å². The first-order chi connectivity index (χ1) is 17.4. The molecule has 3 aliphatic carbocycles. The molecule has 2 heterocycles. The summed E-state index contributed by atoms with van der Waals surface area (Å²) in [6, 6.07) is 13.8. The lowest BCUT2D eigenvalue weighted by Gasteiger charge is -2.64. The lowest BCUT2D eigenvalue weighted by atomic mass is 9.48. The number of amides is 1. The van der Waals surface area contributed by atoms with Crippen molar-refractivity contribution in [3.8, 4) is 11.5 Å². The first-order valence-electron chi connectivity index (χ1n) is 13.7. The molecule has 3 unspecified atom stereocenters. The van der Waals surface area contributed by atoms with Crippen LogP contribution in [0, 0.1) is 5.92 Å². The van der Waals surface area contributed by atoms with Gasteiger partial charge in [-0.3, -0.25) is 9.69 Å². The monoisotopic (exact) mass is 488 g/mol. The van der Waals surface area contributed by atoms with Crippen LogP contribution in [-0.4, -0.2) is 57.9 Å². The van der Waals surface area contributed by atoms with E-state index in [0.29, 0.717) is 25.0 Å². The summed E-state index contributed by atoms with van der Waals surface area (Å²) < 4.78 is 6.56. The van der Waals surface area contributed by atoms with Gasteiger partial charge in [0.05, 0.1) is 17.1 Å². The number of likely N-dealkylation sites (tertiary alicyclic amines) is 1. The second-order valence-corrected chi connectivity index (χ2v) is 12.0. The quantitative estimate of drug-likeness (QED) is 0.579. The van der Waals surface area contributed by atoms with Gasteiger partial charge in [0.25, 0.3) is 0 Å². The van der Waals surface area contributed by atoms with Crippen molar-refractivity contribution in [2.24, 2.45) is 5.92 Å². The number of ether oxygens (including phenoxy) is 1. The molecular weight excluding hydrogens is 452 g/mol. The van der Waals surface area contributed by atoms with Gasteiger partial charge in [0.1, 0.15) is 6.10 Å². The largest absolute Gasteiger partial charge is 0.504 e. The number of phenols is 1. The topological polar surface area (TPSA) is 82.0 Å². The molecule has 6 nitrogen and oxygen atoms in total. The SMILES string of the molecule is CC(CC(=O)NC1CC[C@@]2(O)[C@H]3Cc4ccc(O)c5c4[C@@]2(CCN3CC2CC2)C1O5)c1ccccc1. The van der Waals surface area contributed by atoms with Crippen molar-refractivity contribution >= 4 is 5.91 Å². The van der Waals surface area contributed by atoms with Crippen molar-refractivity contribution < 1.29 is 19.7 Å². The summed E-state index contributed by atoms with van der Waals surface area (Å²) in [5.74, 6) is 1.57. The number of piperidine rings is 1. The summed E-state index contributed by atoms with van der Waals surface area (Å²) in [6.07, 6.45) is 5.50. The molecule has 2 saturated carbocycles. The van der Waals surface area contributed by atoms with E-state index < -0.39 is 11.0 Å². The molecule has 2 bridgehead atoms. The smallest absolute Gasteiger partial charge is 0.220 e. The van der Waals surface area contributed by atoms with E-state index in [1.807, 2.05) is 24.3 Å². The van der Waals surface area contributed by atoms with Gasteiger partial charge in [-0.15, -0.1) is 0 Å². The van der Waals surface area contributed by atoms with E-state index in [2.05, 4.69) is 29.3 Å². The van der Waals surface area contributed by atoms with Gasteiger partial charge >= 0.3 is 0 Å². The third-order valence-corrected chi connectivity index (χ3v) is 9.97. The summed E-state index contributed by atoms with van der Waals surface area (Å²) in [7, 11) is 0. The van der Waals surface area contributed by atoms with Crippen LogP contribution in [0.15, 0.2) is 42.5 Å². The van der Waals surface area contributed by atoms with Crippen LogP contribution in [0.2, 0.25) is 0 Å². The summed E-state index contributed by atoms with van der Waals surface area (Å²) in [4.78, 5) is 15.8. The zero-order valence-corrected chi connectivity index (χ0v) is 21.0. The van der Waals surface area contributed by atoms with Gasteiger partial charge in [-0.1, -0.05) is 43.3 Å². The number of hydrogen-bond acceptors (Lipinski definition) is 5. The summed E-state index contributed by atoms with van der Waals surface area (Å²) in [5, 5.41) is 26.6. The number of carbonyl (C=O) groups excluding carboxylic acids is 1. The lowest BCUT2D eigenvalue weighted by Crippen LogP contribution is -2.78. The maximum Gasteiger partial charge on any atom is 0.220 e. The molecule has 190 valence electrons. The van der Waals surface area contributed by atoms with E-state index in [1.165, 1.54) is 18.4 Å². The molecule has 5 aliphatic rings. The van der Waals surface area contributed by atoms with Gasteiger partial charge in [0, 0.05) is 24.6 Å². The molecule has 2 aromatic carbocycles. The van der Waals surface area contributed by atoms with E-state index in [9.17, 15) is 15.0 Å². The third-order valence-electron chi connectivity index (χ3n) is 9.97. The molecule has 3 N–H and O–H groups in total. The molecule has 2 aliphatic heterocycles. The number of aliphatic hydroxyl groups is 1. The first kappa shape index (κ1) is 22.6. The molecule has 6 atom stereocenters. The van der Waals surface area contributed by atoms with Crippen molar-refractivity contribution in [1.82, 2.24) is 10.2 Å². The Labute approximate surface area is 212 Å². The fourth-order valence-corrected chi connectivity index (χ4v) is 8.07. The van der Waals surface area contributed by atoms with Crippen LogP contribution in [0.4, 0.5) is 0 Å². The standard InChI is InChI=1S/C30H36N2O4/c1-18(20-5-3-2-4-6-20)15-25(34)31-22-11-12-30(35)24-16-21-9-10-23(33)27-26(21)29(30,28(22)36-27)13-14-32(24)17-19-7-8-19/h2-6,9-10,18-19,22,24,28,33,35H,7-8,11-17H2,1H3,(H,31,34)/t18?,22?,24-,28?,29+,30-/m1/s1. The maximum atomic E-state index is 13.2. The average Bonchev–Trinajstić information content (AvgIpc) is 3.61. The summed E-state index contributed by atoms with van der Waals surface area (Å²) in [6.45, 7) is 4.07. The highest BCUT2D eigenvalue weighted by atomic mass is 16.5. The van der Waals surface area contributed by atoms with E-state index in [-0.39, 0.29) is 35.8 Å². The highest BCUT2D eigenvalue weighted by Gasteiger charge is 2.73. The van der Waals surface area contributed by atoms with Crippen LogP contribution in [0.5, 0.6) is 11.5 Å². The van der Waals surface area contributed by atoms with Crippen molar-refractivity contribution in [1.29, 1.82) is 0 Å². The minimum atomic E-state index is -0.921.